The molecule has 0 radical (unpaired) electrons. The molecule has 1 amide bonds. The fraction of sp³-hybridized carbons (Fsp3) is 0.333. The van der Waals surface area contributed by atoms with E-state index in [4.69, 9.17) is 5.11 Å². The summed E-state index contributed by atoms with van der Waals surface area (Å²) in [6, 6.07) is 0. The van der Waals surface area contributed by atoms with Gasteiger partial charge < -0.3 is 10.4 Å². The van der Waals surface area contributed by atoms with Gasteiger partial charge in [0.2, 0.25) is 6.41 Å². The Hall–Kier alpha value is -1.92. The molecule has 0 fully saturated rings. The molecule has 0 atom stereocenters. The van der Waals surface area contributed by atoms with Crippen LogP contribution in [0, 0.1) is 0 Å². The van der Waals surface area contributed by atoms with E-state index in [1.165, 1.54) is 10.9 Å². The third-order valence-electron chi connectivity index (χ3n) is 1.33. The van der Waals surface area contributed by atoms with Crippen LogP contribution < -0.4 is 5.32 Å². The molecule has 13 heavy (non-hydrogen) atoms. The number of nitrogens with zero attached hydrogens (tertiary/aromatic N) is 3. The fourth-order valence-corrected chi connectivity index (χ4v) is 0.744. The number of hydrogen-bond donors (Lipinski definition) is 2. The first-order valence-corrected chi connectivity index (χ1v) is 3.54. The number of carboxylic acids is 1. The summed E-state index contributed by atoms with van der Waals surface area (Å²) in [5.74, 6) is -1.12. The first-order valence-electron chi connectivity index (χ1n) is 3.54. The summed E-state index contributed by atoms with van der Waals surface area (Å²) in [7, 11) is 0. The Morgan fingerprint density at radius 1 is 1.77 bits per heavy atom. The molecule has 0 unspecified atom stereocenters. The minimum Gasteiger partial charge on any atom is -0.476 e. The molecule has 0 aliphatic heterocycles. The maximum absolute atomic E-state index is 10.4. The van der Waals surface area contributed by atoms with E-state index in [1.807, 2.05) is 0 Å². The molecule has 7 heteroatoms. The first kappa shape index (κ1) is 9.17. The maximum atomic E-state index is 10.4. The van der Waals surface area contributed by atoms with E-state index in [-0.39, 0.29) is 5.69 Å². The van der Waals surface area contributed by atoms with Crippen LogP contribution in [0.4, 0.5) is 0 Å². The van der Waals surface area contributed by atoms with Gasteiger partial charge in [0.15, 0.2) is 5.69 Å². The van der Waals surface area contributed by atoms with Gasteiger partial charge in [0, 0.05) is 6.54 Å². The second kappa shape index (κ2) is 4.19. The second-order valence-electron chi connectivity index (χ2n) is 2.24. The van der Waals surface area contributed by atoms with Crippen molar-refractivity contribution in [3.8, 4) is 0 Å². The Morgan fingerprint density at radius 2 is 2.54 bits per heavy atom. The van der Waals surface area contributed by atoms with Crippen LogP contribution in [0.25, 0.3) is 0 Å². The van der Waals surface area contributed by atoms with Crippen molar-refractivity contribution in [1.29, 1.82) is 0 Å². The first-order chi connectivity index (χ1) is 6.24. The highest BCUT2D eigenvalue weighted by molar-refractivity contribution is 5.84. The molecule has 1 aromatic heterocycles. The molecular weight excluding hydrogens is 176 g/mol. The van der Waals surface area contributed by atoms with Crippen molar-refractivity contribution in [2.24, 2.45) is 0 Å². The molecule has 0 aromatic carbocycles. The number of aromatic carboxylic acids is 1. The SMILES string of the molecule is O=CNCCn1cc(C(=O)O)nn1. The number of amides is 1. The predicted octanol–water partition coefficient (Wildman–Crippen LogP) is -1.28. The van der Waals surface area contributed by atoms with Gasteiger partial charge in [-0.15, -0.1) is 5.10 Å². The molecule has 0 spiro atoms. The average Bonchev–Trinajstić information content (AvgIpc) is 2.53. The van der Waals surface area contributed by atoms with Gasteiger partial charge in [0.25, 0.3) is 0 Å². The van der Waals surface area contributed by atoms with E-state index >= 15 is 0 Å². The third kappa shape index (κ3) is 2.55. The molecule has 1 heterocycles. The van der Waals surface area contributed by atoms with Gasteiger partial charge in [-0.05, 0) is 0 Å². The highest BCUT2D eigenvalue weighted by Gasteiger charge is 2.06. The molecule has 0 bridgehead atoms. The summed E-state index contributed by atoms with van der Waals surface area (Å²) in [6.45, 7) is 0.797. The average molecular weight is 184 g/mol. The molecule has 2 N–H and O–H groups in total. The molecule has 0 aliphatic carbocycles. The van der Waals surface area contributed by atoms with Crippen molar-refractivity contribution in [3.05, 3.63) is 11.9 Å². The zero-order valence-electron chi connectivity index (χ0n) is 6.67. The number of hydrogen-bond acceptors (Lipinski definition) is 4. The lowest BCUT2D eigenvalue weighted by atomic mass is 10.5. The lowest BCUT2D eigenvalue weighted by Crippen LogP contribution is -2.18. The van der Waals surface area contributed by atoms with Gasteiger partial charge in [-0.2, -0.15) is 0 Å². The molecule has 0 saturated carbocycles. The van der Waals surface area contributed by atoms with E-state index in [0.717, 1.165) is 0 Å². The summed E-state index contributed by atoms with van der Waals surface area (Å²) in [5, 5.41) is 17.8. The highest BCUT2D eigenvalue weighted by Crippen LogP contribution is 1.91. The van der Waals surface area contributed by atoms with Gasteiger partial charge in [-0.3, -0.25) is 4.79 Å². The summed E-state index contributed by atoms with van der Waals surface area (Å²) in [4.78, 5) is 20.2. The number of rotatable bonds is 5. The highest BCUT2D eigenvalue weighted by atomic mass is 16.4. The molecular formula is C6H8N4O3. The molecule has 1 aromatic rings. The van der Waals surface area contributed by atoms with Gasteiger partial charge in [-0.1, -0.05) is 5.21 Å². The smallest absolute Gasteiger partial charge is 0.358 e. The van der Waals surface area contributed by atoms with Crippen molar-refractivity contribution < 1.29 is 14.7 Å². The minimum absolute atomic E-state index is 0.105. The molecule has 0 saturated heterocycles. The topological polar surface area (TPSA) is 97.1 Å². The Labute approximate surface area is 73.4 Å². The Bertz CT molecular complexity index is 309. The molecule has 7 nitrogen and oxygen atoms in total. The Kier molecular flexibility index (Phi) is 2.96. The van der Waals surface area contributed by atoms with Crippen molar-refractivity contribution in [3.63, 3.8) is 0 Å². The van der Waals surface area contributed by atoms with Crippen molar-refractivity contribution in [2.75, 3.05) is 6.54 Å². The summed E-state index contributed by atoms with van der Waals surface area (Å²) >= 11 is 0. The van der Waals surface area contributed by atoms with Crippen LogP contribution in [0.5, 0.6) is 0 Å². The number of carboxylic acid groups (broad SMARTS) is 1. The number of carbonyl (C=O) groups is 2. The third-order valence-corrected chi connectivity index (χ3v) is 1.33. The molecule has 0 aliphatic rings. The lowest BCUT2D eigenvalue weighted by Gasteiger charge is -1.96. The normalized spacial score (nSPS) is 9.54. The zero-order chi connectivity index (χ0) is 9.68. The van der Waals surface area contributed by atoms with Gasteiger partial charge in [0.05, 0.1) is 12.7 Å². The van der Waals surface area contributed by atoms with E-state index in [9.17, 15) is 9.59 Å². The maximum Gasteiger partial charge on any atom is 0.358 e. The van der Waals surface area contributed by atoms with E-state index in [1.54, 1.807) is 0 Å². The van der Waals surface area contributed by atoms with Crippen LogP contribution in [-0.4, -0.2) is 39.0 Å². The summed E-state index contributed by atoms with van der Waals surface area (Å²) in [6.07, 6.45) is 1.86. The van der Waals surface area contributed by atoms with Crippen molar-refractivity contribution in [2.45, 2.75) is 6.54 Å². The standard InChI is InChI=1S/C6H8N4O3/c11-4-7-1-2-10-3-5(6(12)13)8-9-10/h3-4H,1-2H2,(H,7,11)(H,12,13). The monoisotopic (exact) mass is 184 g/mol. The van der Waals surface area contributed by atoms with Crippen LogP contribution in [0.15, 0.2) is 6.20 Å². The molecule has 1 rings (SSSR count). The zero-order valence-corrected chi connectivity index (χ0v) is 6.67. The van der Waals surface area contributed by atoms with E-state index in [0.29, 0.717) is 19.5 Å². The lowest BCUT2D eigenvalue weighted by molar-refractivity contribution is -0.109. The second-order valence-corrected chi connectivity index (χ2v) is 2.24. The van der Waals surface area contributed by atoms with Crippen LogP contribution in [0.1, 0.15) is 10.5 Å². The van der Waals surface area contributed by atoms with Crippen molar-refractivity contribution in [1.82, 2.24) is 20.3 Å². The quantitative estimate of drug-likeness (QED) is 0.439. The largest absolute Gasteiger partial charge is 0.476 e. The summed E-state index contributed by atoms with van der Waals surface area (Å²) < 4.78 is 1.35. The number of nitrogens with one attached hydrogen (secondary N) is 1. The van der Waals surface area contributed by atoms with Gasteiger partial charge >= 0.3 is 5.97 Å². The van der Waals surface area contributed by atoms with Crippen LogP contribution in [0.2, 0.25) is 0 Å². The number of carbonyl (C=O) groups excluding carboxylic acids is 1. The van der Waals surface area contributed by atoms with Crippen molar-refractivity contribution >= 4 is 12.4 Å². The van der Waals surface area contributed by atoms with Crippen LogP contribution in [-0.2, 0) is 11.3 Å². The minimum atomic E-state index is -1.12. The van der Waals surface area contributed by atoms with E-state index < -0.39 is 5.97 Å². The fourth-order valence-electron chi connectivity index (χ4n) is 0.744. The van der Waals surface area contributed by atoms with Gasteiger partial charge in [0.1, 0.15) is 0 Å². The predicted molar refractivity (Wildman–Crippen MR) is 41.0 cm³/mol. The Balaban J connectivity index is 2.49. The van der Waals surface area contributed by atoms with Gasteiger partial charge in [-0.25, -0.2) is 9.48 Å². The summed E-state index contributed by atoms with van der Waals surface area (Å²) in [5.41, 5.74) is -0.105. The van der Waals surface area contributed by atoms with Crippen LogP contribution >= 0.6 is 0 Å². The van der Waals surface area contributed by atoms with E-state index in [2.05, 4.69) is 15.6 Å². The van der Waals surface area contributed by atoms with Crippen LogP contribution in [0.3, 0.4) is 0 Å². The number of aromatic nitrogens is 3. The Morgan fingerprint density at radius 3 is 3.08 bits per heavy atom. The molecule has 70 valence electrons.